The van der Waals surface area contributed by atoms with Crippen molar-refractivity contribution in [3.05, 3.63) is 99.6 Å². The van der Waals surface area contributed by atoms with Crippen LogP contribution in [0.25, 0.3) is 0 Å². The second-order valence-electron chi connectivity index (χ2n) is 6.01. The Kier molecular flexibility index (Phi) is 5.88. The highest BCUT2D eigenvalue weighted by molar-refractivity contribution is 7.98. The van der Waals surface area contributed by atoms with Crippen LogP contribution < -0.4 is 5.32 Å². The number of benzene rings is 3. The first-order valence-electron chi connectivity index (χ1n) is 8.36. The van der Waals surface area contributed by atoms with Crippen molar-refractivity contribution in [2.75, 3.05) is 5.32 Å². The molecule has 3 aromatic carbocycles. The number of hydrogen-bond donors (Lipinski definition) is 1. The summed E-state index contributed by atoms with van der Waals surface area (Å²) in [5.41, 5.74) is 2.70. The lowest BCUT2D eigenvalue weighted by atomic mass is 10.1. The van der Waals surface area contributed by atoms with Crippen LogP contribution in [0.4, 0.5) is 11.4 Å². The minimum atomic E-state index is -0.455. The van der Waals surface area contributed by atoms with Gasteiger partial charge in [-0.25, -0.2) is 0 Å². The van der Waals surface area contributed by atoms with Gasteiger partial charge in [-0.05, 0) is 48.9 Å². The molecule has 0 heterocycles. The van der Waals surface area contributed by atoms with Crippen molar-refractivity contribution in [1.82, 2.24) is 0 Å². The average molecular weight is 378 g/mol. The van der Waals surface area contributed by atoms with Crippen molar-refractivity contribution in [1.29, 1.82) is 0 Å². The second kappa shape index (κ2) is 8.51. The molecular formula is C21H18N2O3S. The maximum Gasteiger partial charge on any atom is 0.272 e. The Hall–Kier alpha value is -3.12. The predicted octanol–water partition coefficient (Wildman–Crippen LogP) is 5.45. The molecular weight excluding hydrogens is 360 g/mol. The van der Waals surface area contributed by atoms with Gasteiger partial charge in [-0.15, -0.1) is 11.8 Å². The lowest BCUT2D eigenvalue weighted by Gasteiger charge is -2.08. The maximum absolute atomic E-state index is 12.4. The Morgan fingerprint density at radius 3 is 2.37 bits per heavy atom. The third kappa shape index (κ3) is 4.95. The van der Waals surface area contributed by atoms with E-state index in [4.69, 9.17) is 0 Å². The van der Waals surface area contributed by atoms with Crippen molar-refractivity contribution < 1.29 is 9.72 Å². The van der Waals surface area contributed by atoms with Gasteiger partial charge >= 0.3 is 0 Å². The van der Waals surface area contributed by atoms with Crippen molar-refractivity contribution in [3.63, 3.8) is 0 Å². The lowest BCUT2D eigenvalue weighted by molar-refractivity contribution is -0.385. The number of nitrogens with one attached hydrogen (secondary N) is 1. The molecule has 1 amide bonds. The Morgan fingerprint density at radius 1 is 1.04 bits per heavy atom. The monoisotopic (exact) mass is 378 g/mol. The van der Waals surface area contributed by atoms with E-state index in [1.54, 1.807) is 18.7 Å². The first-order valence-corrected chi connectivity index (χ1v) is 9.34. The summed E-state index contributed by atoms with van der Waals surface area (Å²) in [5, 5.41) is 13.7. The molecule has 0 saturated heterocycles. The third-order valence-electron chi connectivity index (χ3n) is 4.02. The molecule has 136 valence electrons. The fourth-order valence-electron chi connectivity index (χ4n) is 2.57. The van der Waals surface area contributed by atoms with Gasteiger partial charge in [0.15, 0.2) is 0 Å². The smallest absolute Gasteiger partial charge is 0.272 e. The minimum absolute atomic E-state index is 0.00631. The summed E-state index contributed by atoms with van der Waals surface area (Å²) >= 11 is 1.75. The van der Waals surface area contributed by atoms with E-state index in [1.807, 2.05) is 42.5 Å². The Balaban J connectivity index is 1.61. The van der Waals surface area contributed by atoms with E-state index in [1.165, 1.54) is 23.1 Å². The van der Waals surface area contributed by atoms with Gasteiger partial charge < -0.3 is 5.32 Å². The van der Waals surface area contributed by atoms with Gasteiger partial charge in [-0.3, -0.25) is 14.9 Å². The van der Waals surface area contributed by atoms with Crippen LogP contribution in [-0.2, 0) is 5.75 Å². The van der Waals surface area contributed by atoms with Crippen molar-refractivity contribution in [3.8, 4) is 0 Å². The fourth-order valence-corrected chi connectivity index (χ4v) is 3.45. The Bertz CT molecular complexity index is 957. The fraction of sp³-hybridized carbons (Fsp3) is 0.0952. The van der Waals surface area contributed by atoms with Gasteiger partial charge in [0.2, 0.25) is 0 Å². The topological polar surface area (TPSA) is 72.2 Å². The van der Waals surface area contributed by atoms with Gasteiger partial charge in [0.25, 0.3) is 11.6 Å². The zero-order chi connectivity index (χ0) is 19.2. The number of carbonyl (C=O) groups is 1. The molecule has 0 atom stereocenters. The second-order valence-corrected chi connectivity index (χ2v) is 7.06. The van der Waals surface area contributed by atoms with Gasteiger partial charge in [-0.2, -0.15) is 0 Å². The molecule has 0 aromatic heterocycles. The van der Waals surface area contributed by atoms with Crippen LogP contribution in [0.1, 0.15) is 21.5 Å². The van der Waals surface area contributed by atoms with Gasteiger partial charge in [0.05, 0.1) is 4.92 Å². The van der Waals surface area contributed by atoms with E-state index in [2.05, 4.69) is 17.4 Å². The number of nitro groups is 1. The molecule has 3 aromatic rings. The lowest BCUT2D eigenvalue weighted by Crippen LogP contribution is -2.12. The van der Waals surface area contributed by atoms with Crippen LogP contribution in [0.2, 0.25) is 0 Å². The molecule has 0 radical (unpaired) electrons. The van der Waals surface area contributed by atoms with Gasteiger partial charge in [-0.1, -0.05) is 30.3 Å². The SMILES string of the molecule is Cc1cc(C(=O)Nc2ccc(CSc3ccccc3)cc2)ccc1[N+](=O)[O-]. The number of anilines is 1. The van der Waals surface area contributed by atoms with E-state index >= 15 is 0 Å². The summed E-state index contributed by atoms with van der Waals surface area (Å²) in [6, 6.07) is 22.2. The zero-order valence-electron chi connectivity index (χ0n) is 14.7. The molecule has 27 heavy (non-hydrogen) atoms. The summed E-state index contributed by atoms with van der Waals surface area (Å²) in [6.07, 6.45) is 0. The normalized spacial score (nSPS) is 10.4. The van der Waals surface area contributed by atoms with Crippen LogP contribution in [0.3, 0.4) is 0 Å². The van der Waals surface area contributed by atoms with E-state index in [0.717, 1.165) is 11.3 Å². The molecule has 0 aliphatic heterocycles. The molecule has 0 fully saturated rings. The minimum Gasteiger partial charge on any atom is -0.322 e. The quantitative estimate of drug-likeness (QED) is 0.352. The molecule has 0 saturated carbocycles. The van der Waals surface area contributed by atoms with Crippen LogP contribution in [0, 0.1) is 17.0 Å². The predicted molar refractivity (Wildman–Crippen MR) is 108 cm³/mol. The Labute approximate surface area is 161 Å². The summed E-state index contributed by atoms with van der Waals surface area (Å²) < 4.78 is 0. The number of nitrogens with zero attached hydrogens (tertiary/aromatic N) is 1. The molecule has 6 heteroatoms. The zero-order valence-corrected chi connectivity index (χ0v) is 15.5. The summed E-state index contributed by atoms with van der Waals surface area (Å²) in [4.78, 5) is 24.0. The summed E-state index contributed by atoms with van der Waals surface area (Å²) in [7, 11) is 0. The number of nitro benzene ring substituents is 1. The van der Waals surface area contributed by atoms with Crippen molar-refractivity contribution in [2.45, 2.75) is 17.6 Å². The third-order valence-corrected chi connectivity index (χ3v) is 5.10. The molecule has 0 bridgehead atoms. The van der Waals surface area contributed by atoms with Crippen LogP contribution >= 0.6 is 11.8 Å². The summed E-state index contributed by atoms with van der Waals surface area (Å²) in [6.45, 7) is 1.62. The van der Waals surface area contributed by atoms with Crippen LogP contribution in [0.15, 0.2) is 77.7 Å². The standard InChI is InChI=1S/C21H18N2O3S/c1-15-13-17(9-12-20(15)23(25)26)21(24)22-18-10-7-16(8-11-18)14-27-19-5-3-2-4-6-19/h2-13H,14H2,1H3,(H,22,24). The van der Waals surface area contributed by atoms with E-state index in [0.29, 0.717) is 16.8 Å². The van der Waals surface area contributed by atoms with Crippen LogP contribution in [0.5, 0.6) is 0 Å². The molecule has 3 rings (SSSR count). The largest absolute Gasteiger partial charge is 0.322 e. The van der Waals surface area contributed by atoms with Crippen molar-refractivity contribution in [2.24, 2.45) is 0 Å². The van der Waals surface area contributed by atoms with Crippen molar-refractivity contribution >= 4 is 29.0 Å². The number of aryl methyl sites for hydroxylation is 1. The number of amides is 1. The first kappa shape index (κ1) is 18.7. The highest BCUT2D eigenvalue weighted by Crippen LogP contribution is 2.23. The van der Waals surface area contributed by atoms with E-state index in [-0.39, 0.29) is 11.6 Å². The summed E-state index contributed by atoms with van der Waals surface area (Å²) in [5.74, 6) is 0.555. The van der Waals surface area contributed by atoms with Gasteiger partial charge in [0.1, 0.15) is 0 Å². The van der Waals surface area contributed by atoms with E-state index in [9.17, 15) is 14.9 Å². The highest BCUT2D eigenvalue weighted by atomic mass is 32.2. The molecule has 5 nitrogen and oxygen atoms in total. The molecule has 0 unspecified atom stereocenters. The number of thioether (sulfide) groups is 1. The number of rotatable bonds is 6. The Morgan fingerprint density at radius 2 is 1.74 bits per heavy atom. The van der Waals surface area contributed by atoms with Gasteiger partial charge in [0, 0.05) is 33.5 Å². The number of carbonyl (C=O) groups excluding carboxylic acids is 1. The van der Waals surface area contributed by atoms with Crippen LogP contribution in [-0.4, -0.2) is 10.8 Å². The van der Waals surface area contributed by atoms with E-state index < -0.39 is 4.92 Å². The first-order chi connectivity index (χ1) is 13.0. The number of hydrogen-bond acceptors (Lipinski definition) is 4. The molecule has 1 N–H and O–H groups in total. The molecule has 0 aliphatic carbocycles. The average Bonchev–Trinajstić information content (AvgIpc) is 2.68. The molecule has 0 spiro atoms. The maximum atomic E-state index is 12.4. The molecule has 0 aliphatic rings. The highest BCUT2D eigenvalue weighted by Gasteiger charge is 2.13.